The van der Waals surface area contributed by atoms with Crippen LogP contribution in [0.2, 0.25) is 0 Å². The zero-order valence-electron chi connectivity index (χ0n) is 20.7. The summed E-state index contributed by atoms with van der Waals surface area (Å²) in [5.41, 5.74) is 1.55. The predicted octanol–water partition coefficient (Wildman–Crippen LogP) is 8.41. The molecule has 2 heterocycles. The number of rotatable bonds is 5. The van der Waals surface area contributed by atoms with Gasteiger partial charge < -0.3 is 9.47 Å². The molecule has 4 aromatic carbocycles. The monoisotopic (exact) mass is 652 g/mol. The second kappa shape index (κ2) is 11.0. The van der Waals surface area contributed by atoms with E-state index in [-0.39, 0.29) is 11.4 Å². The normalized spacial score (nSPS) is 10.9. The number of fused-ring (bicyclic) bond motifs is 2. The van der Waals surface area contributed by atoms with Gasteiger partial charge in [-0.2, -0.15) is 0 Å². The SMILES string of the molecule is O=C(Oc1ccc2cc(Br)ccc2c1-c1c(OC(=O)c2ccccn2)ccc2cc(Br)ccc12)c1ccccn1. The summed E-state index contributed by atoms with van der Waals surface area (Å²) >= 11 is 7.10. The van der Waals surface area contributed by atoms with Gasteiger partial charge in [0.2, 0.25) is 0 Å². The molecule has 0 aliphatic heterocycles. The van der Waals surface area contributed by atoms with E-state index in [1.54, 1.807) is 48.5 Å². The molecular weight excluding hydrogens is 636 g/mol. The Hall–Kier alpha value is -4.40. The van der Waals surface area contributed by atoms with E-state index in [9.17, 15) is 9.59 Å². The lowest BCUT2D eigenvalue weighted by atomic mass is 9.92. The Balaban J connectivity index is 1.61. The zero-order chi connectivity index (χ0) is 27.6. The summed E-state index contributed by atoms with van der Waals surface area (Å²) in [6.45, 7) is 0. The Labute approximate surface area is 245 Å². The molecular formula is C32H18Br2N2O4. The van der Waals surface area contributed by atoms with Gasteiger partial charge in [0.1, 0.15) is 22.9 Å². The largest absolute Gasteiger partial charge is 0.421 e. The molecule has 6 rings (SSSR count). The molecule has 0 unspecified atom stereocenters. The predicted molar refractivity (Wildman–Crippen MR) is 161 cm³/mol. The maximum Gasteiger partial charge on any atom is 0.362 e. The van der Waals surface area contributed by atoms with Gasteiger partial charge in [0.15, 0.2) is 0 Å². The van der Waals surface area contributed by atoms with Gasteiger partial charge in [-0.05, 0) is 82.2 Å². The Morgan fingerprint density at radius 1 is 0.550 bits per heavy atom. The molecule has 2 aromatic heterocycles. The van der Waals surface area contributed by atoms with Crippen LogP contribution in [0.4, 0.5) is 0 Å². The molecule has 6 nitrogen and oxygen atoms in total. The van der Waals surface area contributed by atoms with Crippen molar-refractivity contribution in [2.75, 3.05) is 0 Å². The van der Waals surface area contributed by atoms with Crippen LogP contribution in [-0.4, -0.2) is 21.9 Å². The smallest absolute Gasteiger partial charge is 0.362 e. The van der Waals surface area contributed by atoms with E-state index < -0.39 is 11.9 Å². The highest BCUT2D eigenvalue weighted by Gasteiger charge is 2.23. The molecule has 8 heteroatoms. The van der Waals surface area contributed by atoms with E-state index in [0.29, 0.717) is 22.6 Å². The fourth-order valence-electron chi connectivity index (χ4n) is 4.52. The molecule has 0 aliphatic rings. The lowest BCUT2D eigenvalue weighted by molar-refractivity contribution is 0.0717. The number of esters is 2. The number of aromatic nitrogens is 2. The van der Waals surface area contributed by atoms with Crippen molar-refractivity contribution < 1.29 is 19.1 Å². The summed E-state index contributed by atoms with van der Waals surface area (Å²) in [4.78, 5) is 34.6. The van der Waals surface area contributed by atoms with Gasteiger partial charge in [-0.3, -0.25) is 0 Å². The molecule has 0 amide bonds. The van der Waals surface area contributed by atoms with Crippen LogP contribution >= 0.6 is 31.9 Å². The molecule has 0 radical (unpaired) electrons. The summed E-state index contributed by atoms with van der Waals surface area (Å²) in [5.74, 6) is -0.603. The van der Waals surface area contributed by atoms with Crippen LogP contribution in [0.25, 0.3) is 32.7 Å². The maximum absolute atomic E-state index is 13.2. The Kier molecular flexibility index (Phi) is 7.11. The van der Waals surface area contributed by atoms with Crippen molar-refractivity contribution in [1.82, 2.24) is 9.97 Å². The van der Waals surface area contributed by atoms with Gasteiger partial charge in [-0.15, -0.1) is 0 Å². The summed E-state index contributed by atoms with van der Waals surface area (Å²) < 4.78 is 13.7. The van der Waals surface area contributed by atoms with Gasteiger partial charge in [0.05, 0.1) is 0 Å². The minimum Gasteiger partial charge on any atom is -0.421 e. The number of benzene rings is 4. The van der Waals surface area contributed by atoms with Crippen molar-refractivity contribution >= 4 is 65.3 Å². The van der Waals surface area contributed by atoms with E-state index in [1.165, 1.54) is 12.4 Å². The highest BCUT2D eigenvalue weighted by molar-refractivity contribution is 9.10. The second-order valence-corrected chi connectivity index (χ2v) is 10.6. The number of hydrogen-bond acceptors (Lipinski definition) is 6. The first kappa shape index (κ1) is 25.9. The number of nitrogens with zero attached hydrogens (tertiary/aromatic N) is 2. The lowest BCUT2D eigenvalue weighted by Crippen LogP contribution is -2.12. The molecule has 0 spiro atoms. The second-order valence-electron chi connectivity index (χ2n) is 8.82. The number of ether oxygens (including phenoxy) is 2. The molecule has 0 fully saturated rings. The van der Waals surface area contributed by atoms with Crippen molar-refractivity contribution in [2.24, 2.45) is 0 Å². The van der Waals surface area contributed by atoms with Crippen LogP contribution in [0.3, 0.4) is 0 Å². The summed E-state index contributed by atoms with van der Waals surface area (Å²) in [6, 6.07) is 29.0. The van der Waals surface area contributed by atoms with Crippen LogP contribution in [0.5, 0.6) is 11.5 Å². The zero-order valence-corrected chi connectivity index (χ0v) is 23.8. The average Bonchev–Trinajstić information content (AvgIpc) is 2.98. The first-order valence-electron chi connectivity index (χ1n) is 12.2. The quantitative estimate of drug-likeness (QED) is 0.137. The van der Waals surface area contributed by atoms with Crippen molar-refractivity contribution in [3.05, 3.63) is 130 Å². The van der Waals surface area contributed by atoms with Crippen LogP contribution < -0.4 is 9.47 Å². The van der Waals surface area contributed by atoms with E-state index >= 15 is 0 Å². The van der Waals surface area contributed by atoms with Crippen molar-refractivity contribution in [3.63, 3.8) is 0 Å². The van der Waals surface area contributed by atoms with Gasteiger partial charge in [0, 0.05) is 32.5 Å². The van der Waals surface area contributed by atoms with Gasteiger partial charge >= 0.3 is 11.9 Å². The third kappa shape index (κ3) is 5.11. The highest BCUT2D eigenvalue weighted by Crippen LogP contribution is 2.46. The first-order valence-corrected chi connectivity index (χ1v) is 13.8. The minimum atomic E-state index is -0.603. The van der Waals surface area contributed by atoms with Crippen LogP contribution in [0, 0.1) is 0 Å². The molecule has 0 atom stereocenters. The van der Waals surface area contributed by atoms with E-state index in [4.69, 9.17) is 9.47 Å². The number of carbonyl (C=O) groups is 2. The first-order chi connectivity index (χ1) is 19.5. The number of pyridine rings is 2. The number of hydrogen-bond donors (Lipinski definition) is 0. The van der Waals surface area contributed by atoms with E-state index in [1.807, 2.05) is 48.5 Å². The third-order valence-electron chi connectivity index (χ3n) is 6.29. The molecule has 0 aliphatic carbocycles. The van der Waals surface area contributed by atoms with Crippen LogP contribution in [-0.2, 0) is 0 Å². The molecule has 194 valence electrons. The highest BCUT2D eigenvalue weighted by atomic mass is 79.9. The van der Waals surface area contributed by atoms with E-state index in [2.05, 4.69) is 41.8 Å². The summed E-state index contributed by atoms with van der Waals surface area (Å²) in [5, 5.41) is 3.41. The molecule has 0 bridgehead atoms. The topological polar surface area (TPSA) is 78.4 Å². The standard InChI is InChI=1S/C32H18Br2N2O4/c33-21-9-11-23-19(17-21)7-13-27(39-31(37)25-5-1-3-15-35-25)29(23)30-24-12-10-22(34)18-20(24)8-14-28(30)40-32(38)26-6-2-4-16-36-26/h1-18H. The lowest BCUT2D eigenvalue weighted by Gasteiger charge is -2.19. The van der Waals surface area contributed by atoms with Crippen molar-refractivity contribution in [2.45, 2.75) is 0 Å². The van der Waals surface area contributed by atoms with Crippen molar-refractivity contribution in [1.29, 1.82) is 0 Å². The Morgan fingerprint density at radius 2 is 1.00 bits per heavy atom. The molecule has 6 aromatic rings. The summed E-state index contributed by atoms with van der Waals surface area (Å²) in [6.07, 6.45) is 3.07. The fourth-order valence-corrected chi connectivity index (χ4v) is 5.28. The molecule has 40 heavy (non-hydrogen) atoms. The molecule has 0 N–H and O–H groups in total. The van der Waals surface area contributed by atoms with Gasteiger partial charge in [0.25, 0.3) is 0 Å². The van der Waals surface area contributed by atoms with Gasteiger partial charge in [-0.25, -0.2) is 19.6 Å². The molecule has 0 saturated heterocycles. The third-order valence-corrected chi connectivity index (χ3v) is 7.28. The fraction of sp³-hybridized carbons (Fsp3) is 0. The minimum absolute atomic E-state index is 0.174. The van der Waals surface area contributed by atoms with Gasteiger partial charge in [-0.1, -0.05) is 68.3 Å². The van der Waals surface area contributed by atoms with Crippen molar-refractivity contribution in [3.8, 4) is 22.6 Å². The Bertz CT molecular complexity index is 1770. The van der Waals surface area contributed by atoms with Crippen LogP contribution in [0.1, 0.15) is 21.0 Å². The average molecular weight is 654 g/mol. The van der Waals surface area contributed by atoms with Crippen LogP contribution in [0.15, 0.2) is 118 Å². The van der Waals surface area contributed by atoms with E-state index in [0.717, 1.165) is 30.5 Å². The summed E-state index contributed by atoms with van der Waals surface area (Å²) in [7, 11) is 0. The Morgan fingerprint density at radius 3 is 1.40 bits per heavy atom. The number of halogens is 2. The molecule has 0 saturated carbocycles. The maximum atomic E-state index is 13.2. The number of carbonyl (C=O) groups excluding carboxylic acids is 2.